The normalized spacial score (nSPS) is 15.6. The van der Waals surface area contributed by atoms with Crippen molar-refractivity contribution >= 4 is 6.09 Å². The minimum absolute atomic E-state index is 0.369. The smallest absolute Gasteiger partial charge is 0.441 e. The van der Waals surface area contributed by atoms with E-state index in [1.165, 1.54) is 16.7 Å². The highest BCUT2D eigenvalue weighted by atomic mass is 16.6. The summed E-state index contributed by atoms with van der Waals surface area (Å²) in [4.78, 5) is 12.4. The Morgan fingerprint density at radius 1 is 1.00 bits per heavy atom. The van der Waals surface area contributed by atoms with Gasteiger partial charge in [0.2, 0.25) is 0 Å². The molecule has 1 aliphatic heterocycles. The van der Waals surface area contributed by atoms with Gasteiger partial charge < -0.3 is 4.74 Å². The van der Waals surface area contributed by atoms with Crippen LogP contribution in [0.25, 0.3) is 0 Å². The first-order valence-corrected chi connectivity index (χ1v) is 8.33. The van der Waals surface area contributed by atoms with Gasteiger partial charge in [-0.3, -0.25) is 0 Å². The van der Waals surface area contributed by atoms with Gasteiger partial charge in [-0.25, -0.2) is 9.39 Å². The zero-order valence-corrected chi connectivity index (χ0v) is 14.6. The first-order chi connectivity index (χ1) is 11.4. The lowest BCUT2D eigenvalue weighted by Crippen LogP contribution is -2.56. The first-order valence-electron chi connectivity index (χ1n) is 8.33. The van der Waals surface area contributed by atoms with Crippen LogP contribution >= 0.6 is 0 Å². The van der Waals surface area contributed by atoms with Crippen molar-refractivity contribution in [2.75, 3.05) is 0 Å². The zero-order chi connectivity index (χ0) is 17.2. The quantitative estimate of drug-likeness (QED) is 0.861. The Hall–Kier alpha value is -2.33. The van der Waals surface area contributed by atoms with Crippen LogP contribution in [0.1, 0.15) is 37.5 Å². The van der Waals surface area contributed by atoms with Gasteiger partial charge in [-0.05, 0) is 20.8 Å². The maximum absolute atomic E-state index is 12.4. The highest BCUT2D eigenvalue weighted by Crippen LogP contribution is 2.30. The summed E-state index contributed by atoms with van der Waals surface area (Å²) < 4.78 is 5.95. The van der Waals surface area contributed by atoms with Crippen molar-refractivity contribution in [3.8, 4) is 0 Å². The third-order valence-corrected chi connectivity index (χ3v) is 4.12. The second kappa shape index (κ2) is 6.29. The molecule has 126 valence electrons. The van der Waals surface area contributed by atoms with Crippen LogP contribution in [-0.4, -0.2) is 16.3 Å². The van der Waals surface area contributed by atoms with Crippen molar-refractivity contribution in [3.05, 3.63) is 71.3 Å². The molecule has 1 amide bonds. The summed E-state index contributed by atoms with van der Waals surface area (Å²) in [5.74, 6) is 0. The summed E-state index contributed by atoms with van der Waals surface area (Å²) in [6, 6.07) is 18.6. The average Bonchev–Trinajstić information content (AvgIpc) is 2.83. The standard InChI is InChI=1S/C20H24N2O2/c1-20(2,3)24-19(23)21-22(13-16-9-5-4-6-10-16)14-17-11-7-8-12-18(17)15-22/h4-12H,13-15H2,1-3H3/p+1. The van der Waals surface area contributed by atoms with Crippen LogP contribution < -0.4 is 5.43 Å². The Morgan fingerprint density at radius 2 is 1.54 bits per heavy atom. The monoisotopic (exact) mass is 325 g/mol. The van der Waals surface area contributed by atoms with Crippen LogP contribution in [0.3, 0.4) is 0 Å². The number of nitrogens with zero attached hydrogens (tertiary/aromatic N) is 1. The molecule has 0 bridgehead atoms. The zero-order valence-electron chi connectivity index (χ0n) is 14.6. The highest BCUT2D eigenvalue weighted by Gasteiger charge is 2.39. The van der Waals surface area contributed by atoms with Crippen molar-refractivity contribution in [2.24, 2.45) is 0 Å². The summed E-state index contributed by atoms with van der Waals surface area (Å²) in [6.45, 7) is 7.91. The van der Waals surface area contributed by atoms with Gasteiger partial charge in [0.25, 0.3) is 0 Å². The number of rotatable bonds is 3. The van der Waals surface area contributed by atoms with Crippen LogP contribution in [-0.2, 0) is 24.4 Å². The minimum atomic E-state index is -0.507. The molecule has 3 rings (SSSR count). The molecule has 1 N–H and O–H groups in total. The maximum Gasteiger partial charge on any atom is 0.452 e. The number of benzene rings is 2. The third kappa shape index (κ3) is 3.95. The van der Waals surface area contributed by atoms with E-state index in [1.54, 1.807) is 0 Å². The van der Waals surface area contributed by atoms with E-state index in [0.717, 1.165) is 19.6 Å². The predicted octanol–water partition coefficient (Wildman–Crippen LogP) is 4.16. The average molecular weight is 325 g/mol. The lowest BCUT2D eigenvalue weighted by molar-refractivity contribution is -0.992. The molecule has 2 aromatic rings. The Bertz CT molecular complexity index is 695. The Kier molecular flexibility index (Phi) is 4.33. The van der Waals surface area contributed by atoms with E-state index in [4.69, 9.17) is 4.74 Å². The summed E-state index contributed by atoms with van der Waals surface area (Å²) >= 11 is 0. The van der Waals surface area contributed by atoms with E-state index in [-0.39, 0.29) is 6.09 Å². The number of hydrogen-bond acceptors (Lipinski definition) is 2. The van der Waals surface area contributed by atoms with Crippen LogP contribution in [0.2, 0.25) is 0 Å². The van der Waals surface area contributed by atoms with Crippen LogP contribution in [0, 0.1) is 0 Å². The molecular weight excluding hydrogens is 300 g/mol. The molecule has 24 heavy (non-hydrogen) atoms. The van der Waals surface area contributed by atoms with Crippen molar-refractivity contribution in [3.63, 3.8) is 0 Å². The number of ether oxygens (including phenoxy) is 1. The molecule has 4 nitrogen and oxygen atoms in total. The van der Waals surface area contributed by atoms with E-state index in [2.05, 4.69) is 41.8 Å². The van der Waals surface area contributed by atoms with Crippen LogP contribution in [0.5, 0.6) is 0 Å². The van der Waals surface area contributed by atoms with Gasteiger partial charge in [0.15, 0.2) is 0 Å². The fraction of sp³-hybridized carbons (Fsp3) is 0.350. The van der Waals surface area contributed by atoms with Gasteiger partial charge in [-0.1, -0.05) is 54.6 Å². The minimum Gasteiger partial charge on any atom is -0.441 e. The molecule has 0 aliphatic carbocycles. The molecule has 0 aromatic heterocycles. The molecule has 0 atom stereocenters. The number of hydrogen-bond donors (Lipinski definition) is 1. The Morgan fingerprint density at radius 3 is 2.08 bits per heavy atom. The van der Waals surface area contributed by atoms with Gasteiger partial charge in [0.05, 0.1) is 0 Å². The fourth-order valence-electron chi connectivity index (χ4n) is 3.23. The van der Waals surface area contributed by atoms with E-state index < -0.39 is 5.60 Å². The van der Waals surface area contributed by atoms with Crippen molar-refractivity contribution in [2.45, 2.75) is 46.0 Å². The van der Waals surface area contributed by atoms with Gasteiger partial charge in [0, 0.05) is 16.7 Å². The van der Waals surface area contributed by atoms with Gasteiger partial charge in [0.1, 0.15) is 25.2 Å². The van der Waals surface area contributed by atoms with E-state index in [9.17, 15) is 4.79 Å². The lowest BCUT2D eigenvalue weighted by Gasteiger charge is -2.34. The van der Waals surface area contributed by atoms with Gasteiger partial charge in [-0.2, -0.15) is 5.43 Å². The number of carbonyl (C=O) groups is 1. The van der Waals surface area contributed by atoms with E-state index >= 15 is 0 Å². The predicted molar refractivity (Wildman–Crippen MR) is 93.6 cm³/mol. The number of carbonyl (C=O) groups excluding carboxylic acids is 1. The SMILES string of the molecule is CC(C)(C)OC(=O)N[N+]1(Cc2ccccc2)Cc2ccccc2C1. The molecule has 4 heteroatoms. The lowest BCUT2D eigenvalue weighted by atomic mass is 10.1. The molecule has 0 spiro atoms. The summed E-state index contributed by atoms with van der Waals surface area (Å²) in [5, 5.41) is 0. The summed E-state index contributed by atoms with van der Waals surface area (Å²) in [5.41, 5.74) is 6.37. The molecule has 2 aromatic carbocycles. The molecule has 0 saturated carbocycles. The molecular formula is C20H25N2O2+. The number of amides is 1. The number of nitrogens with one attached hydrogen (secondary N) is 1. The number of quaternary nitrogens is 1. The summed E-state index contributed by atoms with van der Waals surface area (Å²) in [7, 11) is 0. The second-order valence-corrected chi connectivity index (χ2v) is 7.49. The molecule has 0 fully saturated rings. The topological polar surface area (TPSA) is 38.3 Å². The Labute approximate surface area is 143 Å². The second-order valence-electron chi connectivity index (χ2n) is 7.49. The van der Waals surface area contributed by atoms with Crippen LogP contribution in [0.4, 0.5) is 4.79 Å². The fourth-order valence-corrected chi connectivity index (χ4v) is 3.23. The van der Waals surface area contributed by atoms with Crippen molar-refractivity contribution in [1.29, 1.82) is 0 Å². The molecule has 0 unspecified atom stereocenters. The van der Waals surface area contributed by atoms with E-state index in [1.807, 2.05) is 39.0 Å². The molecule has 0 radical (unpaired) electrons. The first kappa shape index (κ1) is 16.5. The van der Waals surface area contributed by atoms with Gasteiger partial charge in [-0.15, -0.1) is 0 Å². The molecule has 0 saturated heterocycles. The highest BCUT2D eigenvalue weighted by molar-refractivity contribution is 5.66. The van der Waals surface area contributed by atoms with Crippen molar-refractivity contribution < 1.29 is 14.1 Å². The largest absolute Gasteiger partial charge is 0.452 e. The molecule has 1 aliphatic rings. The maximum atomic E-state index is 12.4. The Balaban J connectivity index is 1.84. The summed E-state index contributed by atoms with van der Waals surface area (Å²) in [6.07, 6.45) is -0.369. The van der Waals surface area contributed by atoms with Crippen LogP contribution in [0.15, 0.2) is 54.6 Å². The number of fused-ring (bicyclic) bond motifs is 1. The molecule has 1 heterocycles. The van der Waals surface area contributed by atoms with Gasteiger partial charge >= 0.3 is 6.09 Å². The van der Waals surface area contributed by atoms with E-state index in [0.29, 0.717) is 4.59 Å². The third-order valence-electron chi connectivity index (χ3n) is 4.12. The van der Waals surface area contributed by atoms with Crippen molar-refractivity contribution in [1.82, 2.24) is 5.43 Å².